The topological polar surface area (TPSA) is 86.7 Å². The summed E-state index contributed by atoms with van der Waals surface area (Å²) < 4.78 is 0. The van der Waals surface area contributed by atoms with Gasteiger partial charge in [0.05, 0.1) is 12.6 Å². The van der Waals surface area contributed by atoms with Gasteiger partial charge in [-0.1, -0.05) is 68.4 Å². The van der Waals surface area contributed by atoms with E-state index >= 15 is 0 Å². The lowest BCUT2D eigenvalue weighted by Gasteiger charge is -2.31. The van der Waals surface area contributed by atoms with Crippen LogP contribution in [-0.2, 0) is 14.4 Å². The van der Waals surface area contributed by atoms with Crippen molar-refractivity contribution in [1.29, 1.82) is 0 Å². The molecule has 30 heavy (non-hydrogen) atoms. The molecule has 0 aromatic rings. The molecule has 0 bridgehead atoms. The number of aliphatic carboxylic acids is 1. The molecule has 0 aromatic heterocycles. The average Bonchev–Trinajstić information content (AvgIpc) is 2.61. The van der Waals surface area contributed by atoms with Crippen LogP contribution in [-0.4, -0.2) is 47.4 Å². The zero-order valence-corrected chi connectivity index (χ0v) is 21.1. The number of rotatable bonds is 10. The second-order valence-electron chi connectivity index (χ2n) is 9.82. The molecule has 2 amide bonds. The summed E-state index contributed by atoms with van der Waals surface area (Å²) in [5, 5.41) is 11.8. The minimum absolute atomic E-state index is 0.0517. The van der Waals surface area contributed by atoms with E-state index in [0.717, 1.165) is 12.3 Å². The van der Waals surface area contributed by atoms with Crippen LogP contribution in [0.5, 0.6) is 0 Å². The van der Waals surface area contributed by atoms with Crippen LogP contribution in [0.4, 0.5) is 0 Å². The molecular weight excluding hydrogens is 380 g/mol. The van der Waals surface area contributed by atoms with Crippen molar-refractivity contribution in [3.8, 4) is 0 Å². The molecule has 2 N–H and O–H groups in total. The Labute approximate surface area is 184 Å². The summed E-state index contributed by atoms with van der Waals surface area (Å²) in [7, 11) is 1.64. The third-order valence-electron chi connectivity index (χ3n) is 4.87. The highest BCUT2D eigenvalue weighted by Crippen LogP contribution is 2.29. The lowest BCUT2D eigenvalue weighted by Crippen LogP contribution is -2.47. The molecule has 0 saturated carbocycles. The summed E-state index contributed by atoms with van der Waals surface area (Å²) >= 11 is 0. The highest BCUT2D eigenvalue weighted by Gasteiger charge is 2.32. The molecule has 0 heterocycles. The number of hydrogen-bond acceptors (Lipinski definition) is 3. The Balaban J connectivity index is 0. The van der Waals surface area contributed by atoms with Gasteiger partial charge in [-0.15, -0.1) is 0 Å². The highest BCUT2D eigenvalue weighted by molar-refractivity contribution is 5.88. The first-order valence-electron chi connectivity index (χ1n) is 11.0. The predicted molar refractivity (Wildman–Crippen MR) is 124 cm³/mol. The molecule has 0 saturated heterocycles. The van der Waals surface area contributed by atoms with Crippen molar-refractivity contribution in [2.24, 2.45) is 23.2 Å². The Bertz CT molecular complexity index is 579. The molecule has 0 spiro atoms. The number of amides is 2. The summed E-state index contributed by atoms with van der Waals surface area (Å²) in [4.78, 5) is 37.6. The number of likely N-dealkylation sites (N-methyl/N-ethyl adjacent to an activating group) is 1. The maximum absolute atomic E-state index is 12.6. The van der Waals surface area contributed by atoms with E-state index in [2.05, 4.69) is 39.9 Å². The van der Waals surface area contributed by atoms with Gasteiger partial charge in [-0.05, 0) is 37.5 Å². The van der Waals surface area contributed by atoms with Gasteiger partial charge in [-0.25, -0.2) is 4.79 Å². The summed E-state index contributed by atoms with van der Waals surface area (Å²) in [5.74, 6) is -0.0881. The van der Waals surface area contributed by atoms with Crippen LogP contribution in [0.2, 0.25) is 0 Å². The second kappa shape index (κ2) is 14.2. The highest BCUT2D eigenvalue weighted by atomic mass is 16.4. The third kappa shape index (κ3) is 12.0. The first kappa shape index (κ1) is 30.3. The van der Waals surface area contributed by atoms with E-state index in [4.69, 9.17) is 5.11 Å². The van der Waals surface area contributed by atoms with Crippen molar-refractivity contribution in [3.05, 3.63) is 11.6 Å². The van der Waals surface area contributed by atoms with Crippen molar-refractivity contribution < 1.29 is 19.5 Å². The van der Waals surface area contributed by atoms with Gasteiger partial charge in [0.15, 0.2) is 0 Å². The van der Waals surface area contributed by atoms with Crippen molar-refractivity contribution in [2.45, 2.75) is 88.1 Å². The number of hydrogen-bond donors (Lipinski definition) is 2. The quantitative estimate of drug-likeness (QED) is 0.494. The minimum atomic E-state index is -1.00. The van der Waals surface area contributed by atoms with E-state index in [1.54, 1.807) is 13.1 Å². The molecule has 6 heteroatoms. The summed E-state index contributed by atoms with van der Waals surface area (Å²) in [6, 6.07) is -0.344. The molecule has 6 nitrogen and oxygen atoms in total. The van der Waals surface area contributed by atoms with Crippen LogP contribution in [0.15, 0.2) is 11.6 Å². The number of carboxylic acid groups (broad SMARTS) is 1. The lowest BCUT2D eigenvalue weighted by molar-refractivity contribution is -0.137. The Morgan fingerprint density at radius 1 is 1.07 bits per heavy atom. The first-order valence-corrected chi connectivity index (χ1v) is 11.0. The normalized spacial score (nSPS) is 14.7. The molecule has 1 unspecified atom stereocenters. The van der Waals surface area contributed by atoms with Gasteiger partial charge in [0.2, 0.25) is 11.8 Å². The zero-order chi connectivity index (χ0) is 24.2. The Kier molecular flexibility index (Phi) is 14.4. The number of carbonyl (C=O) groups excluding carboxylic acids is 2. The first-order chi connectivity index (χ1) is 13.6. The predicted octanol–water partition coefficient (Wildman–Crippen LogP) is 4.74. The molecule has 2 atom stereocenters. The number of nitrogens with zero attached hydrogens (tertiary/aromatic N) is 1. The van der Waals surface area contributed by atoms with Gasteiger partial charge in [0.25, 0.3) is 0 Å². The molecule has 0 aliphatic heterocycles. The zero-order valence-electron chi connectivity index (χ0n) is 21.1. The van der Waals surface area contributed by atoms with Gasteiger partial charge in [-0.2, -0.15) is 0 Å². The monoisotopic (exact) mass is 426 g/mol. The van der Waals surface area contributed by atoms with E-state index in [0.29, 0.717) is 12.3 Å². The SMILES string of the molecule is CC(C)C.CCC(C)(CC(C)C)C(=O)NCC(=O)N(C)[C@H](/C=C(\C)C(=O)O)C(C)C. The molecule has 0 aliphatic carbocycles. The molecule has 0 rings (SSSR count). The molecule has 0 radical (unpaired) electrons. The van der Waals surface area contributed by atoms with Crippen molar-refractivity contribution >= 4 is 17.8 Å². The maximum atomic E-state index is 12.6. The lowest BCUT2D eigenvalue weighted by atomic mass is 9.79. The van der Waals surface area contributed by atoms with E-state index in [-0.39, 0.29) is 35.9 Å². The number of carbonyl (C=O) groups is 3. The summed E-state index contributed by atoms with van der Waals surface area (Å²) in [5.41, 5.74) is -0.299. The summed E-state index contributed by atoms with van der Waals surface area (Å²) in [6.07, 6.45) is 3.05. The van der Waals surface area contributed by atoms with Crippen LogP contribution in [0.1, 0.15) is 82.1 Å². The average molecular weight is 427 g/mol. The fourth-order valence-electron chi connectivity index (χ4n) is 3.04. The molecular formula is C24H46N2O4. The second-order valence-corrected chi connectivity index (χ2v) is 9.82. The Morgan fingerprint density at radius 3 is 1.87 bits per heavy atom. The Morgan fingerprint density at radius 2 is 1.53 bits per heavy atom. The van der Waals surface area contributed by atoms with Gasteiger partial charge in [0.1, 0.15) is 0 Å². The number of nitrogens with one attached hydrogen (secondary N) is 1. The standard InChI is InChI=1S/C20H36N2O4.C4H10/c1-9-20(7,11-13(2)3)19(26)21-12-17(23)22(8)16(14(4)5)10-15(6)18(24)25;1-4(2)3/h10,13-14,16H,9,11-12H2,1-8H3,(H,21,26)(H,24,25);4H,1-3H3/b15-10+;/t16-,20?;/m1./s1. The smallest absolute Gasteiger partial charge is 0.331 e. The van der Waals surface area contributed by atoms with Crippen LogP contribution < -0.4 is 5.32 Å². The Hall–Kier alpha value is -1.85. The van der Waals surface area contributed by atoms with E-state index in [1.807, 2.05) is 27.7 Å². The van der Waals surface area contributed by atoms with E-state index in [9.17, 15) is 14.4 Å². The van der Waals surface area contributed by atoms with Crippen LogP contribution in [0.25, 0.3) is 0 Å². The van der Waals surface area contributed by atoms with Gasteiger partial charge < -0.3 is 15.3 Å². The van der Waals surface area contributed by atoms with Gasteiger partial charge >= 0.3 is 5.97 Å². The van der Waals surface area contributed by atoms with Crippen LogP contribution >= 0.6 is 0 Å². The van der Waals surface area contributed by atoms with E-state index in [1.165, 1.54) is 11.8 Å². The largest absolute Gasteiger partial charge is 0.478 e. The molecule has 0 aliphatic rings. The van der Waals surface area contributed by atoms with E-state index < -0.39 is 11.4 Å². The van der Waals surface area contributed by atoms with Crippen molar-refractivity contribution in [3.63, 3.8) is 0 Å². The third-order valence-corrected chi connectivity index (χ3v) is 4.87. The minimum Gasteiger partial charge on any atom is -0.478 e. The van der Waals surface area contributed by atoms with Crippen molar-refractivity contribution in [1.82, 2.24) is 10.2 Å². The van der Waals surface area contributed by atoms with Crippen molar-refractivity contribution in [2.75, 3.05) is 13.6 Å². The molecule has 0 aromatic carbocycles. The molecule has 176 valence electrons. The number of carboxylic acids is 1. The molecule has 0 fully saturated rings. The van der Waals surface area contributed by atoms with Gasteiger partial charge in [-0.3, -0.25) is 9.59 Å². The maximum Gasteiger partial charge on any atom is 0.331 e. The fraction of sp³-hybridized carbons (Fsp3) is 0.792. The van der Waals surface area contributed by atoms with Crippen LogP contribution in [0.3, 0.4) is 0 Å². The van der Waals surface area contributed by atoms with Crippen LogP contribution in [0, 0.1) is 23.2 Å². The van der Waals surface area contributed by atoms with Gasteiger partial charge in [0, 0.05) is 18.0 Å². The fourth-order valence-corrected chi connectivity index (χ4v) is 3.04. The summed E-state index contributed by atoms with van der Waals surface area (Å²) in [6.45, 7) is 19.8.